The van der Waals surface area contributed by atoms with Crippen LogP contribution in [0.1, 0.15) is 35.2 Å². The molecule has 1 aromatic rings. The van der Waals surface area contributed by atoms with Gasteiger partial charge in [-0.25, -0.2) is 14.8 Å². The number of carbonyl (C=O) groups excluding carboxylic acids is 1. The predicted octanol–water partition coefficient (Wildman–Crippen LogP) is 1.54. The van der Waals surface area contributed by atoms with Crippen LogP contribution in [-0.4, -0.2) is 36.3 Å². The highest BCUT2D eigenvalue weighted by atomic mass is 16.5. The second-order valence-electron chi connectivity index (χ2n) is 3.60. The molecule has 0 fully saturated rings. The number of hydrogen-bond acceptors (Lipinski definition) is 5. The van der Waals surface area contributed by atoms with Crippen molar-refractivity contribution < 1.29 is 14.3 Å². The van der Waals surface area contributed by atoms with Crippen molar-refractivity contribution in [2.45, 2.75) is 26.7 Å². The van der Waals surface area contributed by atoms with E-state index >= 15 is 0 Å². The molecule has 94 valence electrons. The van der Waals surface area contributed by atoms with Gasteiger partial charge in [-0.05, 0) is 20.3 Å². The topological polar surface area (TPSA) is 61.3 Å². The molecule has 0 amide bonds. The summed E-state index contributed by atoms with van der Waals surface area (Å²) in [6.45, 7) is 4.59. The van der Waals surface area contributed by atoms with E-state index in [1.165, 1.54) is 6.20 Å². The maximum absolute atomic E-state index is 11.5. The predicted molar refractivity (Wildman–Crippen MR) is 62.9 cm³/mol. The molecule has 1 aromatic heterocycles. The van der Waals surface area contributed by atoms with Crippen molar-refractivity contribution in [2.24, 2.45) is 0 Å². The molecule has 0 aliphatic heterocycles. The molecule has 0 aliphatic rings. The van der Waals surface area contributed by atoms with Gasteiger partial charge in [-0.1, -0.05) is 0 Å². The molecule has 0 aromatic carbocycles. The molecule has 0 atom stereocenters. The normalized spacial score (nSPS) is 10.3. The van der Waals surface area contributed by atoms with Crippen LogP contribution in [0.15, 0.2) is 6.20 Å². The molecule has 5 nitrogen and oxygen atoms in total. The third-order valence-electron chi connectivity index (χ3n) is 2.27. The molecule has 5 heteroatoms. The zero-order chi connectivity index (χ0) is 12.7. The fourth-order valence-corrected chi connectivity index (χ4v) is 1.42. The highest BCUT2D eigenvalue weighted by Crippen LogP contribution is 2.07. The molecule has 1 heterocycles. The monoisotopic (exact) mass is 238 g/mol. The largest absolute Gasteiger partial charge is 0.462 e. The molecule has 0 radical (unpaired) electrons. The smallest absolute Gasteiger partial charge is 0.341 e. The van der Waals surface area contributed by atoms with Gasteiger partial charge in [0.25, 0.3) is 0 Å². The van der Waals surface area contributed by atoms with Crippen LogP contribution in [0.3, 0.4) is 0 Å². The number of nitrogens with zero attached hydrogens (tertiary/aromatic N) is 2. The van der Waals surface area contributed by atoms with Crippen molar-refractivity contribution in [3.63, 3.8) is 0 Å². The Morgan fingerprint density at radius 1 is 1.47 bits per heavy atom. The Balaban J connectivity index is 2.68. The van der Waals surface area contributed by atoms with E-state index in [0.29, 0.717) is 24.5 Å². The molecule has 0 N–H and O–H groups in total. The van der Waals surface area contributed by atoms with Gasteiger partial charge in [-0.15, -0.1) is 0 Å². The van der Waals surface area contributed by atoms with Gasteiger partial charge in [0.05, 0.1) is 17.9 Å². The van der Waals surface area contributed by atoms with E-state index < -0.39 is 0 Å². The first-order valence-corrected chi connectivity index (χ1v) is 5.67. The van der Waals surface area contributed by atoms with E-state index in [-0.39, 0.29) is 5.97 Å². The number of carbonyl (C=O) groups is 1. The summed E-state index contributed by atoms with van der Waals surface area (Å²) in [4.78, 5) is 19.9. The highest BCUT2D eigenvalue weighted by Gasteiger charge is 2.12. The van der Waals surface area contributed by atoms with Gasteiger partial charge in [0, 0.05) is 26.3 Å². The summed E-state index contributed by atoms with van der Waals surface area (Å²) < 4.78 is 9.87. The van der Waals surface area contributed by atoms with Crippen molar-refractivity contribution >= 4 is 5.97 Å². The summed E-state index contributed by atoms with van der Waals surface area (Å²) >= 11 is 0. The van der Waals surface area contributed by atoms with Crippen LogP contribution in [0, 0.1) is 6.92 Å². The van der Waals surface area contributed by atoms with Gasteiger partial charge in [-0.2, -0.15) is 0 Å². The van der Waals surface area contributed by atoms with E-state index in [2.05, 4.69) is 9.97 Å². The van der Waals surface area contributed by atoms with Gasteiger partial charge < -0.3 is 9.47 Å². The average Bonchev–Trinajstić information content (AvgIpc) is 2.29. The number of ether oxygens (including phenoxy) is 2. The van der Waals surface area contributed by atoms with Crippen LogP contribution in [0.25, 0.3) is 0 Å². The maximum atomic E-state index is 11.5. The number of methoxy groups -OCH3 is 1. The van der Waals surface area contributed by atoms with Crippen LogP contribution in [-0.2, 0) is 15.9 Å². The van der Waals surface area contributed by atoms with Gasteiger partial charge >= 0.3 is 5.97 Å². The summed E-state index contributed by atoms with van der Waals surface area (Å²) in [5.41, 5.74) is 1.09. The van der Waals surface area contributed by atoms with Gasteiger partial charge in [0.15, 0.2) is 0 Å². The minimum Gasteiger partial charge on any atom is -0.462 e. The molecule has 0 spiro atoms. The van der Waals surface area contributed by atoms with E-state index in [1.54, 1.807) is 21.0 Å². The molecule has 0 bridgehead atoms. The van der Waals surface area contributed by atoms with Crippen molar-refractivity contribution in [3.05, 3.63) is 23.3 Å². The number of hydrogen-bond donors (Lipinski definition) is 0. The maximum Gasteiger partial charge on any atom is 0.341 e. The van der Waals surface area contributed by atoms with Gasteiger partial charge in [0.1, 0.15) is 5.82 Å². The summed E-state index contributed by atoms with van der Waals surface area (Å²) in [5.74, 6) is 0.362. The lowest BCUT2D eigenvalue weighted by Crippen LogP contribution is -2.10. The quantitative estimate of drug-likeness (QED) is 0.555. The number of aromatic nitrogens is 2. The Kier molecular flexibility index (Phi) is 5.56. The molecule has 1 rings (SSSR count). The van der Waals surface area contributed by atoms with Crippen LogP contribution in [0.5, 0.6) is 0 Å². The van der Waals surface area contributed by atoms with Crippen LogP contribution in [0.2, 0.25) is 0 Å². The Labute approximate surface area is 101 Å². The highest BCUT2D eigenvalue weighted by molar-refractivity contribution is 5.90. The van der Waals surface area contributed by atoms with Gasteiger partial charge in [-0.3, -0.25) is 0 Å². The lowest BCUT2D eigenvalue weighted by molar-refractivity contribution is 0.0524. The minimum absolute atomic E-state index is 0.355. The third-order valence-corrected chi connectivity index (χ3v) is 2.27. The zero-order valence-corrected chi connectivity index (χ0v) is 10.5. The second kappa shape index (κ2) is 6.96. The standard InChI is InChI=1S/C12H18N2O3/c1-4-17-12(15)10-8-13-11(14-9(10)2)6-5-7-16-3/h8H,4-7H2,1-3H3. The first kappa shape index (κ1) is 13.6. The lowest BCUT2D eigenvalue weighted by Gasteiger charge is -2.06. The first-order chi connectivity index (χ1) is 8.19. The fourth-order valence-electron chi connectivity index (χ4n) is 1.42. The van der Waals surface area contributed by atoms with E-state index in [1.807, 2.05) is 0 Å². The molecule has 0 saturated carbocycles. The molecule has 0 unspecified atom stereocenters. The van der Waals surface area contributed by atoms with Crippen molar-refractivity contribution in [3.8, 4) is 0 Å². The molecule has 0 saturated heterocycles. The van der Waals surface area contributed by atoms with E-state index in [9.17, 15) is 4.79 Å². The second-order valence-corrected chi connectivity index (χ2v) is 3.60. The number of aryl methyl sites for hydroxylation is 2. The van der Waals surface area contributed by atoms with E-state index in [0.717, 1.165) is 18.7 Å². The number of rotatable bonds is 6. The Bertz CT molecular complexity index is 380. The van der Waals surface area contributed by atoms with Crippen LogP contribution >= 0.6 is 0 Å². The molecule has 17 heavy (non-hydrogen) atoms. The Morgan fingerprint density at radius 2 is 2.24 bits per heavy atom. The molecular formula is C12H18N2O3. The van der Waals surface area contributed by atoms with Crippen molar-refractivity contribution in [1.29, 1.82) is 0 Å². The fraction of sp³-hybridized carbons (Fsp3) is 0.583. The molecule has 0 aliphatic carbocycles. The van der Waals surface area contributed by atoms with Crippen molar-refractivity contribution in [2.75, 3.05) is 20.3 Å². The van der Waals surface area contributed by atoms with Crippen LogP contribution in [0.4, 0.5) is 0 Å². The Hall–Kier alpha value is -1.49. The van der Waals surface area contributed by atoms with Crippen molar-refractivity contribution in [1.82, 2.24) is 9.97 Å². The number of esters is 1. The summed E-state index contributed by atoms with van der Waals surface area (Å²) in [7, 11) is 1.66. The zero-order valence-electron chi connectivity index (χ0n) is 10.5. The third kappa shape index (κ3) is 4.11. The van der Waals surface area contributed by atoms with Crippen LogP contribution < -0.4 is 0 Å². The van der Waals surface area contributed by atoms with Gasteiger partial charge in [0.2, 0.25) is 0 Å². The summed E-state index contributed by atoms with van der Waals surface area (Å²) in [5, 5.41) is 0. The van der Waals surface area contributed by atoms with E-state index in [4.69, 9.17) is 9.47 Å². The summed E-state index contributed by atoms with van der Waals surface area (Å²) in [6, 6.07) is 0. The lowest BCUT2D eigenvalue weighted by atomic mass is 10.2. The molecular weight excluding hydrogens is 220 g/mol. The average molecular weight is 238 g/mol. The SMILES string of the molecule is CCOC(=O)c1cnc(CCCOC)nc1C. The minimum atomic E-state index is -0.367. The summed E-state index contributed by atoms with van der Waals surface area (Å²) in [6.07, 6.45) is 3.15. The first-order valence-electron chi connectivity index (χ1n) is 5.67. The Morgan fingerprint density at radius 3 is 2.82 bits per heavy atom.